The SMILES string of the molecule is Cc1ccccc1CCNC(=O)C[NH+]1CC=C(c2ccccc2)CC1. The minimum atomic E-state index is 0.153. The van der Waals surface area contributed by atoms with E-state index in [-0.39, 0.29) is 5.91 Å². The molecule has 3 rings (SSSR count). The Kier molecular flexibility index (Phi) is 6.02. The molecule has 2 aromatic carbocycles. The summed E-state index contributed by atoms with van der Waals surface area (Å²) in [5.74, 6) is 0.153. The smallest absolute Gasteiger partial charge is 0.275 e. The third-order valence-electron chi connectivity index (χ3n) is 4.92. The van der Waals surface area contributed by atoms with Crippen LogP contribution in [0.15, 0.2) is 60.7 Å². The second-order valence-electron chi connectivity index (χ2n) is 6.75. The van der Waals surface area contributed by atoms with Crippen molar-refractivity contribution in [2.75, 3.05) is 26.2 Å². The van der Waals surface area contributed by atoms with Crippen molar-refractivity contribution < 1.29 is 9.69 Å². The molecule has 1 aliphatic rings. The van der Waals surface area contributed by atoms with Gasteiger partial charge in [-0.25, -0.2) is 0 Å². The molecule has 3 nitrogen and oxygen atoms in total. The van der Waals surface area contributed by atoms with Crippen molar-refractivity contribution in [1.82, 2.24) is 5.32 Å². The molecule has 0 saturated heterocycles. The van der Waals surface area contributed by atoms with Crippen molar-refractivity contribution in [3.8, 4) is 0 Å². The van der Waals surface area contributed by atoms with E-state index in [0.29, 0.717) is 13.1 Å². The summed E-state index contributed by atoms with van der Waals surface area (Å²) in [5, 5.41) is 3.07. The van der Waals surface area contributed by atoms with Crippen LogP contribution in [-0.4, -0.2) is 32.1 Å². The molecule has 2 N–H and O–H groups in total. The van der Waals surface area contributed by atoms with Gasteiger partial charge in [0.1, 0.15) is 0 Å². The summed E-state index contributed by atoms with van der Waals surface area (Å²) in [4.78, 5) is 13.5. The molecule has 0 fully saturated rings. The van der Waals surface area contributed by atoms with Gasteiger partial charge in [0.25, 0.3) is 5.91 Å². The summed E-state index contributed by atoms with van der Waals surface area (Å²) in [5.41, 5.74) is 5.31. The number of benzene rings is 2. The van der Waals surface area contributed by atoms with Crippen LogP contribution < -0.4 is 10.2 Å². The third-order valence-corrected chi connectivity index (χ3v) is 4.92. The van der Waals surface area contributed by atoms with Gasteiger partial charge >= 0.3 is 0 Å². The van der Waals surface area contributed by atoms with E-state index >= 15 is 0 Å². The Bertz CT molecular complexity index is 737. The number of aryl methyl sites for hydroxylation is 1. The van der Waals surface area contributed by atoms with E-state index in [1.54, 1.807) is 0 Å². The second-order valence-corrected chi connectivity index (χ2v) is 6.75. The first-order valence-electron chi connectivity index (χ1n) is 9.11. The molecule has 1 unspecified atom stereocenters. The number of rotatable bonds is 6. The highest BCUT2D eigenvalue weighted by molar-refractivity contribution is 5.77. The zero-order chi connectivity index (χ0) is 17.5. The summed E-state index contributed by atoms with van der Waals surface area (Å²) in [6, 6.07) is 18.9. The minimum absolute atomic E-state index is 0.153. The van der Waals surface area contributed by atoms with Gasteiger partial charge in [0, 0.05) is 13.0 Å². The lowest BCUT2D eigenvalue weighted by Gasteiger charge is -2.23. The maximum atomic E-state index is 12.2. The quantitative estimate of drug-likeness (QED) is 0.832. The summed E-state index contributed by atoms with van der Waals surface area (Å²) < 4.78 is 0. The molecular formula is C22H27N2O+. The Labute approximate surface area is 150 Å². The Balaban J connectivity index is 1.42. The van der Waals surface area contributed by atoms with Gasteiger partial charge in [-0.1, -0.05) is 54.6 Å². The fourth-order valence-electron chi connectivity index (χ4n) is 3.37. The van der Waals surface area contributed by atoms with Gasteiger partial charge in [0.05, 0.1) is 13.1 Å². The van der Waals surface area contributed by atoms with Gasteiger partial charge in [0.15, 0.2) is 6.54 Å². The first kappa shape index (κ1) is 17.4. The molecule has 25 heavy (non-hydrogen) atoms. The largest absolute Gasteiger partial charge is 0.351 e. The minimum Gasteiger partial charge on any atom is -0.351 e. The topological polar surface area (TPSA) is 33.5 Å². The lowest BCUT2D eigenvalue weighted by atomic mass is 10.00. The highest BCUT2D eigenvalue weighted by Gasteiger charge is 2.18. The van der Waals surface area contributed by atoms with E-state index in [4.69, 9.17) is 0 Å². The second kappa shape index (κ2) is 8.63. The van der Waals surface area contributed by atoms with Crippen LogP contribution in [0, 0.1) is 6.92 Å². The van der Waals surface area contributed by atoms with Crippen LogP contribution in [0.3, 0.4) is 0 Å². The normalized spacial score (nSPS) is 17.0. The number of carbonyl (C=O) groups is 1. The fraction of sp³-hybridized carbons (Fsp3) is 0.318. The van der Waals surface area contributed by atoms with Crippen LogP contribution in [0.25, 0.3) is 5.57 Å². The molecule has 1 aliphatic heterocycles. The van der Waals surface area contributed by atoms with Crippen molar-refractivity contribution in [2.45, 2.75) is 19.8 Å². The lowest BCUT2D eigenvalue weighted by Crippen LogP contribution is -3.13. The highest BCUT2D eigenvalue weighted by atomic mass is 16.2. The van der Waals surface area contributed by atoms with Crippen LogP contribution in [-0.2, 0) is 11.2 Å². The monoisotopic (exact) mass is 335 g/mol. The van der Waals surface area contributed by atoms with Crippen LogP contribution in [0.5, 0.6) is 0 Å². The van der Waals surface area contributed by atoms with Gasteiger partial charge in [-0.2, -0.15) is 0 Å². The number of nitrogens with one attached hydrogen (secondary N) is 2. The molecule has 0 bridgehead atoms. The first-order chi connectivity index (χ1) is 12.2. The highest BCUT2D eigenvalue weighted by Crippen LogP contribution is 2.17. The molecule has 3 heteroatoms. The van der Waals surface area contributed by atoms with Gasteiger partial charge in [-0.3, -0.25) is 4.79 Å². The van der Waals surface area contributed by atoms with E-state index in [0.717, 1.165) is 25.9 Å². The van der Waals surface area contributed by atoms with E-state index in [1.807, 2.05) is 12.1 Å². The van der Waals surface area contributed by atoms with Crippen LogP contribution in [0.4, 0.5) is 0 Å². The van der Waals surface area contributed by atoms with Crippen molar-refractivity contribution in [1.29, 1.82) is 0 Å². The Hall–Kier alpha value is -2.39. The first-order valence-corrected chi connectivity index (χ1v) is 9.11. The summed E-state index contributed by atoms with van der Waals surface area (Å²) >= 11 is 0. The molecule has 1 heterocycles. The molecule has 2 aromatic rings. The van der Waals surface area contributed by atoms with Crippen LogP contribution in [0.2, 0.25) is 0 Å². The molecule has 0 aliphatic carbocycles. The Morgan fingerprint density at radius 3 is 2.56 bits per heavy atom. The van der Waals surface area contributed by atoms with Crippen molar-refractivity contribution in [3.63, 3.8) is 0 Å². The van der Waals surface area contributed by atoms with Crippen LogP contribution in [0.1, 0.15) is 23.1 Å². The average molecular weight is 335 g/mol. The Morgan fingerprint density at radius 1 is 1.08 bits per heavy atom. The summed E-state index contributed by atoms with van der Waals surface area (Å²) in [6.45, 7) is 5.33. The van der Waals surface area contributed by atoms with E-state index in [9.17, 15) is 4.79 Å². The zero-order valence-electron chi connectivity index (χ0n) is 14.9. The predicted molar refractivity (Wildman–Crippen MR) is 102 cm³/mol. The number of carbonyl (C=O) groups excluding carboxylic acids is 1. The molecule has 0 aromatic heterocycles. The number of hydrogen-bond acceptors (Lipinski definition) is 1. The lowest BCUT2D eigenvalue weighted by molar-refractivity contribution is -0.886. The van der Waals surface area contributed by atoms with Gasteiger partial charge in [-0.05, 0) is 41.7 Å². The number of quaternary nitrogens is 1. The maximum Gasteiger partial charge on any atom is 0.275 e. The van der Waals surface area contributed by atoms with E-state index < -0.39 is 0 Å². The predicted octanol–water partition coefficient (Wildman–Crippen LogP) is 2.03. The van der Waals surface area contributed by atoms with E-state index in [2.05, 4.69) is 60.8 Å². The molecule has 0 saturated carbocycles. The van der Waals surface area contributed by atoms with Crippen molar-refractivity contribution >= 4 is 11.5 Å². The standard InChI is InChI=1S/C22H26N2O/c1-18-7-5-6-8-19(18)11-14-23-22(25)17-24-15-12-21(13-16-24)20-9-3-2-4-10-20/h2-10,12H,11,13-17H2,1H3,(H,23,25)/p+1. The van der Waals surface area contributed by atoms with Gasteiger partial charge in [-0.15, -0.1) is 0 Å². The maximum absolute atomic E-state index is 12.2. The van der Waals surface area contributed by atoms with Gasteiger partial charge in [0.2, 0.25) is 0 Å². The zero-order valence-corrected chi connectivity index (χ0v) is 14.9. The molecular weight excluding hydrogens is 308 g/mol. The Morgan fingerprint density at radius 2 is 1.84 bits per heavy atom. The van der Waals surface area contributed by atoms with Crippen molar-refractivity contribution in [2.24, 2.45) is 0 Å². The molecule has 0 radical (unpaired) electrons. The third kappa shape index (κ3) is 5.04. The molecule has 1 atom stereocenters. The summed E-state index contributed by atoms with van der Waals surface area (Å²) in [7, 11) is 0. The van der Waals surface area contributed by atoms with Gasteiger partial charge < -0.3 is 10.2 Å². The molecule has 1 amide bonds. The molecule has 130 valence electrons. The average Bonchev–Trinajstić information content (AvgIpc) is 2.65. The van der Waals surface area contributed by atoms with E-state index in [1.165, 1.54) is 27.2 Å². The van der Waals surface area contributed by atoms with Crippen molar-refractivity contribution in [3.05, 3.63) is 77.4 Å². The number of hydrogen-bond donors (Lipinski definition) is 2. The summed E-state index contributed by atoms with van der Waals surface area (Å²) in [6.07, 6.45) is 4.22. The molecule has 0 spiro atoms. The van der Waals surface area contributed by atoms with Crippen LogP contribution >= 0.6 is 0 Å². The number of amides is 1. The fourth-order valence-corrected chi connectivity index (χ4v) is 3.37.